The van der Waals surface area contributed by atoms with E-state index in [0.29, 0.717) is 6.42 Å². The van der Waals surface area contributed by atoms with Gasteiger partial charge < -0.3 is 5.73 Å². The average molecular weight is 313 g/mol. The average Bonchev–Trinajstić information content (AvgIpc) is 2.23. The van der Waals surface area contributed by atoms with Crippen molar-refractivity contribution in [3.63, 3.8) is 0 Å². The van der Waals surface area contributed by atoms with Gasteiger partial charge in [-0.05, 0) is 6.42 Å². The van der Waals surface area contributed by atoms with Gasteiger partial charge >= 0.3 is 0 Å². The molecule has 112 valence electrons. The van der Waals surface area contributed by atoms with Gasteiger partial charge in [-0.2, -0.15) is 4.40 Å². The van der Waals surface area contributed by atoms with E-state index in [1.165, 1.54) is 0 Å². The minimum absolute atomic E-state index is 0.0647. The van der Waals surface area contributed by atoms with Crippen LogP contribution in [0.2, 0.25) is 0 Å². The van der Waals surface area contributed by atoms with E-state index in [-0.39, 0.29) is 12.2 Å². The molecule has 0 radical (unpaired) electrons. The summed E-state index contributed by atoms with van der Waals surface area (Å²) in [5, 5.41) is 0. The summed E-state index contributed by atoms with van der Waals surface area (Å²) < 4.78 is 49.3. The smallest absolute Gasteiger partial charge is 0.252 e. The van der Waals surface area contributed by atoms with Gasteiger partial charge in [0.25, 0.3) is 15.9 Å². The van der Waals surface area contributed by atoms with Crippen LogP contribution in [0.5, 0.6) is 0 Å². The first-order valence-corrected chi connectivity index (χ1v) is 9.11. The Labute approximate surface area is 113 Å². The van der Waals surface area contributed by atoms with Crippen molar-refractivity contribution in [2.75, 3.05) is 12.0 Å². The summed E-state index contributed by atoms with van der Waals surface area (Å²) in [4.78, 5) is 11.3. The van der Waals surface area contributed by atoms with Crippen molar-refractivity contribution in [3.05, 3.63) is 0 Å². The van der Waals surface area contributed by atoms with Crippen LogP contribution in [0.25, 0.3) is 0 Å². The van der Waals surface area contributed by atoms with Gasteiger partial charge in [0.15, 0.2) is 0 Å². The molecule has 0 aromatic heterocycles. The maximum Gasteiger partial charge on any atom is 0.252 e. The lowest BCUT2D eigenvalue weighted by Crippen LogP contribution is -2.43. The van der Waals surface area contributed by atoms with E-state index >= 15 is 0 Å². The van der Waals surface area contributed by atoms with Crippen LogP contribution in [-0.4, -0.2) is 47.0 Å². The first kappa shape index (κ1) is 18.0. The number of amides is 1. The summed E-state index contributed by atoms with van der Waals surface area (Å²) in [6.07, 6.45) is 2.90. The van der Waals surface area contributed by atoms with Gasteiger partial charge in [0, 0.05) is 12.6 Å². The third kappa shape index (κ3) is 9.56. The molecule has 0 aromatic carbocycles. The van der Waals surface area contributed by atoms with Gasteiger partial charge in [0.1, 0.15) is 0 Å². The lowest BCUT2D eigenvalue weighted by molar-refractivity contribution is -0.120. The van der Waals surface area contributed by atoms with Crippen molar-refractivity contribution in [2.24, 2.45) is 10.1 Å². The molecule has 0 heterocycles. The van der Waals surface area contributed by atoms with Crippen molar-refractivity contribution >= 4 is 32.2 Å². The quantitative estimate of drug-likeness (QED) is 0.550. The largest absolute Gasteiger partial charge is 0.320 e. The Morgan fingerprint density at radius 3 is 2.42 bits per heavy atom. The van der Waals surface area contributed by atoms with Gasteiger partial charge in [-0.15, -0.1) is 0 Å². The second kappa shape index (κ2) is 7.56. The number of carbonyl (C=O) groups is 1. The Kier molecular flexibility index (Phi) is 7.16. The fourth-order valence-electron chi connectivity index (χ4n) is 1.02. The number of hydrogen-bond acceptors (Lipinski definition) is 6. The highest BCUT2D eigenvalue weighted by atomic mass is 32.2. The Morgan fingerprint density at radius 2 is 1.95 bits per heavy atom. The van der Waals surface area contributed by atoms with Crippen LogP contribution in [0, 0.1) is 0 Å². The molecule has 0 aliphatic carbocycles. The second-order valence-electron chi connectivity index (χ2n) is 4.01. The van der Waals surface area contributed by atoms with Gasteiger partial charge in [0.05, 0.1) is 18.1 Å². The number of nitrogens with zero attached hydrogens (tertiary/aromatic N) is 1. The van der Waals surface area contributed by atoms with Gasteiger partial charge in [0.2, 0.25) is 10.0 Å². The summed E-state index contributed by atoms with van der Waals surface area (Å²) in [5.41, 5.74) is 5.39. The monoisotopic (exact) mass is 313 g/mol. The van der Waals surface area contributed by atoms with E-state index in [4.69, 9.17) is 5.73 Å². The minimum Gasteiger partial charge on any atom is -0.320 e. The van der Waals surface area contributed by atoms with Crippen molar-refractivity contribution in [1.29, 1.82) is 0 Å². The molecule has 0 bridgehead atoms. The first-order valence-electron chi connectivity index (χ1n) is 5.61. The lowest BCUT2D eigenvalue weighted by Gasteiger charge is -2.07. The summed E-state index contributed by atoms with van der Waals surface area (Å²) in [6, 6.07) is -1.17. The van der Waals surface area contributed by atoms with Crippen molar-refractivity contribution in [1.82, 2.24) is 4.72 Å². The zero-order valence-electron chi connectivity index (χ0n) is 10.9. The molecule has 8 nitrogen and oxygen atoms in total. The van der Waals surface area contributed by atoms with Crippen molar-refractivity contribution < 1.29 is 21.6 Å². The molecule has 1 amide bonds. The Morgan fingerprint density at radius 1 is 1.37 bits per heavy atom. The van der Waals surface area contributed by atoms with Crippen molar-refractivity contribution in [2.45, 2.75) is 32.2 Å². The fourth-order valence-corrected chi connectivity index (χ4v) is 2.60. The van der Waals surface area contributed by atoms with E-state index < -0.39 is 32.0 Å². The SMILES string of the molecule is CCCCS(=O)(=O)N=CC[C@H](N)C(=O)NS(C)(=O)=O. The van der Waals surface area contributed by atoms with E-state index in [1.807, 2.05) is 6.92 Å². The predicted octanol–water partition coefficient (Wildman–Crippen LogP) is -1.02. The highest BCUT2D eigenvalue weighted by Crippen LogP contribution is 1.98. The standard InChI is InChI=1S/C9H19N3O5S2/c1-3-4-7-19(16,17)11-6-5-8(10)9(13)12-18(2,14)15/h6,8H,3-5,7,10H2,1-2H3,(H,12,13)/t8-/m0/s1. The number of sulfonamides is 2. The van der Waals surface area contributed by atoms with Crippen molar-refractivity contribution in [3.8, 4) is 0 Å². The van der Waals surface area contributed by atoms with Crippen LogP contribution in [0.4, 0.5) is 0 Å². The lowest BCUT2D eigenvalue weighted by atomic mass is 10.2. The van der Waals surface area contributed by atoms with Crippen LogP contribution in [0.3, 0.4) is 0 Å². The van der Waals surface area contributed by atoms with E-state index in [1.54, 1.807) is 4.72 Å². The maximum atomic E-state index is 11.3. The molecule has 0 aliphatic rings. The number of hydrogen-bond donors (Lipinski definition) is 2. The van der Waals surface area contributed by atoms with E-state index in [0.717, 1.165) is 18.9 Å². The van der Waals surface area contributed by atoms with Crippen LogP contribution >= 0.6 is 0 Å². The molecular weight excluding hydrogens is 294 g/mol. The Hall–Kier alpha value is -1.00. The molecule has 0 aliphatic heterocycles. The second-order valence-corrected chi connectivity index (χ2v) is 7.54. The molecule has 0 saturated carbocycles. The minimum atomic E-state index is -3.68. The molecule has 0 spiro atoms. The summed E-state index contributed by atoms with van der Waals surface area (Å²) >= 11 is 0. The fraction of sp³-hybridized carbons (Fsp3) is 0.778. The third-order valence-corrected chi connectivity index (χ3v) is 3.82. The predicted molar refractivity (Wildman–Crippen MR) is 72.8 cm³/mol. The van der Waals surface area contributed by atoms with Crippen LogP contribution in [0.15, 0.2) is 4.40 Å². The normalized spacial score (nSPS) is 14.5. The van der Waals surface area contributed by atoms with E-state index in [2.05, 4.69) is 4.40 Å². The van der Waals surface area contributed by atoms with Crippen LogP contribution < -0.4 is 10.5 Å². The number of nitrogens with two attached hydrogens (primary N) is 1. The zero-order chi connectivity index (χ0) is 15.1. The molecular formula is C9H19N3O5S2. The molecule has 3 N–H and O–H groups in total. The third-order valence-electron chi connectivity index (χ3n) is 1.97. The molecule has 0 rings (SSSR count). The summed E-state index contributed by atoms with van der Waals surface area (Å²) in [6.45, 7) is 1.85. The van der Waals surface area contributed by atoms with Crippen LogP contribution in [0.1, 0.15) is 26.2 Å². The van der Waals surface area contributed by atoms with E-state index in [9.17, 15) is 21.6 Å². The topological polar surface area (TPSA) is 136 Å². The molecule has 0 aromatic rings. The highest BCUT2D eigenvalue weighted by molar-refractivity contribution is 7.90. The molecule has 19 heavy (non-hydrogen) atoms. The molecule has 10 heteroatoms. The number of nitrogens with one attached hydrogen (secondary N) is 1. The number of rotatable bonds is 8. The molecule has 0 unspecified atom stereocenters. The summed E-state index contributed by atoms with van der Waals surface area (Å²) in [7, 11) is -7.21. The maximum absolute atomic E-state index is 11.3. The summed E-state index contributed by atoms with van der Waals surface area (Å²) in [5.74, 6) is -0.968. The van der Waals surface area contributed by atoms with Crippen LogP contribution in [-0.2, 0) is 24.8 Å². The molecule has 1 atom stereocenters. The van der Waals surface area contributed by atoms with Gasteiger partial charge in [-0.3, -0.25) is 9.52 Å². The zero-order valence-corrected chi connectivity index (χ0v) is 12.5. The van der Waals surface area contributed by atoms with Gasteiger partial charge in [-0.1, -0.05) is 13.3 Å². The molecule has 0 saturated heterocycles. The number of carbonyl (C=O) groups excluding carboxylic acids is 1. The molecule has 0 fully saturated rings. The number of unbranched alkanes of at least 4 members (excludes halogenated alkanes) is 1. The first-order chi connectivity index (χ1) is 8.57. The van der Waals surface area contributed by atoms with Gasteiger partial charge in [-0.25, -0.2) is 16.8 Å². The Bertz CT molecular complexity index is 524. The Balaban J connectivity index is 4.37. The highest BCUT2D eigenvalue weighted by Gasteiger charge is 2.16.